The van der Waals surface area contributed by atoms with E-state index in [0.717, 1.165) is 27.8 Å². The van der Waals surface area contributed by atoms with Crippen LogP contribution in [0.25, 0.3) is 0 Å². The van der Waals surface area contributed by atoms with Gasteiger partial charge in [-0.1, -0.05) is 152 Å². The Kier molecular flexibility index (Phi) is 12.6. The molecule has 6 atom stereocenters. The molecule has 0 bridgehead atoms. The molecule has 5 aromatic carbocycles. The molecule has 6 heteroatoms. The van der Waals surface area contributed by atoms with Gasteiger partial charge in [0.1, 0.15) is 18.3 Å². The van der Waals surface area contributed by atoms with E-state index in [2.05, 4.69) is 0 Å². The molecule has 6 rings (SSSR count). The first-order valence-corrected chi connectivity index (χ1v) is 16.7. The van der Waals surface area contributed by atoms with Gasteiger partial charge in [-0.2, -0.15) is 0 Å². The van der Waals surface area contributed by atoms with E-state index in [1.807, 2.05) is 152 Å². The normalized spacial score (nSPS) is 22.4. The van der Waals surface area contributed by atoms with E-state index in [4.69, 9.17) is 23.7 Å². The lowest BCUT2D eigenvalue weighted by Crippen LogP contribution is -2.64. The second-order valence-corrected chi connectivity index (χ2v) is 12.2. The summed E-state index contributed by atoms with van der Waals surface area (Å²) in [5, 5.41) is 12.2. The van der Waals surface area contributed by atoms with E-state index in [-0.39, 0.29) is 6.61 Å². The molecule has 0 saturated heterocycles. The summed E-state index contributed by atoms with van der Waals surface area (Å²) >= 11 is 0. The van der Waals surface area contributed by atoms with Gasteiger partial charge in [-0.05, 0) is 27.8 Å². The van der Waals surface area contributed by atoms with Crippen LogP contribution in [0.1, 0.15) is 27.8 Å². The molecule has 5 aromatic rings. The molecule has 1 N–H and O–H groups in total. The Hall–Kier alpha value is -4.14. The van der Waals surface area contributed by atoms with Crippen molar-refractivity contribution in [1.82, 2.24) is 0 Å². The molecule has 1 saturated carbocycles. The first-order valence-electron chi connectivity index (χ1n) is 16.7. The highest BCUT2D eigenvalue weighted by Crippen LogP contribution is 2.36. The Balaban J connectivity index is 1.32. The summed E-state index contributed by atoms with van der Waals surface area (Å²) in [5.74, 6) is -0.462. The molecule has 0 unspecified atom stereocenters. The largest absolute Gasteiger partial charge is 0.390 e. The van der Waals surface area contributed by atoms with Crippen molar-refractivity contribution in [2.75, 3.05) is 6.61 Å². The summed E-state index contributed by atoms with van der Waals surface area (Å²) in [5.41, 5.74) is 5.15. The van der Waals surface area contributed by atoms with E-state index < -0.39 is 36.4 Å². The van der Waals surface area contributed by atoms with E-state index in [9.17, 15) is 5.11 Å². The minimum absolute atomic E-state index is 0.247. The highest BCUT2D eigenvalue weighted by Gasteiger charge is 2.53. The van der Waals surface area contributed by atoms with E-state index in [0.29, 0.717) is 33.0 Å². The lowest BCUT2D eigenvalue weighted by atomic mass is 9.78. The van der Waals surface area contributed by atoms with Crippen LogP contribution in [-0.4, -0.2) is 42.2 Å². The Morgan fingerprint density at radius 2 is 0.646 bits per heavy atom. The Morgan fingerprint density at radius 1 is 0.354 bits per heavy atom. The third kappa shape index (κ3) is 9.48. The quantitative estimate of drug-likeness (QED) is 0.120. The second kappa shape index (κ2) is 17.9. The Morgan fingerprint density at radius 3 is 1.02 bits per heavy atom. The van der Waals surface area contributed by atoms with Crippen LogP contribution in [0.2, 0.25) is 0 Å². The summed E-state index contributed by atoms with van der Waals surface area (Å²) in [6.07, 6.45) is -3.44. The molecule has 0 aliphatic heterocycles. The van der Waals surface area contributed by atoms with Crippen molar-refractivity contribution in [2.24, 2.45) is 5.92 Å². The monoisotopic (exact) mass is 644 g/mol. The number of rotatable bonds is 16. The smallest absolute Gasteiger partial charge is 0.115 e. The molecule has 0 aromatic heterocycles. The highest BCUT2D eigenvalue weighted by molar-refractivity contribution is 5.18. The number of ether oxygens (including phenoxy) is 5. The van der Waals surface area contributed by atoms with Crippen molar-refractivity contribution in [3.63, 3.8) is 0 Å². The van der Waals surface area contributed by atoms with Gasteiger partial charge in [0, 0.05) is 5.92 Å². The van der Waals surface area contributed by atoms with Crippen molar-refractivity contribution < 1.29 is 28.8 Å². The van der Waals surface area contributed by atoms with Crippen molar-refractivity contribution in [3.05, 3.63) is 179 Å². The van der Waals surface area contributed by atoms with E-state index in [1.54, 1.807) is 0 Å². The SMILES string of the molecule is O[C@H]1[C@H](COCc2ccccc2)[C@@H](OCc2ccccc2)[C@H](OCc2ccccc2)[C@@H](OCc2ccccc2)[C@@H]1OCc1ccccc1. The van der Waals surface area contributed by atoms with Crippen LogP contribution >= 0.6 is 0 Å². The summed E-state index contributed by atoms with van der Waals surface area (Å²) in [6, 6.07) is 50.2. The molecule has 0 heterocycles. The Labute approximate surface area is 283 Å². The minimum atomic E-state index is -0.956. The van der Waals surface area contributed by atoms with Crippen molar-refractivity contribution in [1.29, 1.82) is 0 Å². The van der Waals surface area contributed by atoms with Crippen molar-refractivity contribution in [2.45, 2.75) is 63.6 Å². The van der Waals surface area contributed by atoms with Crippen LogP contribution in [-0.2, 0) is 56.7 Å². The van der Waals surface area contributed by atoms with Gasteiger partial charge >= 0.3 is 0 Å². The van der Waals surface area contributed by atoms with Gasteiger partial charge in [0.25, 0.3) is 0 Å². The average molecular weight is 645 g/mol. The zero-order valence-corrected chi connectivity index (χ0v) is 27.1. The summed E-state index contributed by atoms with van der Waals surface area (Å²) in [7, 11) is 0. The van der Waals surface area contributed by atoms with Crippen molar-refractivity contribution >= 4 is 0 Å². The van der Waals surface area contributed by atoms with Gasteiger partial charge in [-0.3, -0.25) is 0 Å². The third-order valence-corrected chi connectivity index (χ3v) is 8.73. The first-order chi connectivity index (χ1) is 23.7. The van der Waals surface area contributed by atoms with Crippen molar-refractivity contribution in [3.8, 4) is 0 Å². The first kappa shape index (κ1) is 33.7. The Bertz CT molecular complexity index is 1590. The van der Waals surface area contributed by atoms with Crippen LogP contribution in [0.3, 0.4) is 0 Å². The fraction of sp³-hybridized carbons (Fsp3) is 0.286. The maximum Gasteiger partial charge on any atom is 0.115 e. The molecule has 1 aliphatic rings. The lowest BCUT2D eigenvalue weighted by Gasteiger charge is -2.48. The van der Waals surface area contributed by atoms with Crippen LogP contribution in [0, 0.1) is 5.92 Å². The highest BCUT2D eigenvalue weighted by atomic mass is 16.6. The fourth-order valence-corrected chi connectivity index (χ4v) is 6.19. The van der Waals surface area contributed by atoms with Crippen LogP contribution in [0.5, 0.6) is 0 Å². The van der Waals surface area contributed by atoms with Gasteiger partial charge in [0.2, 0.25) is 0 Å². The second-order valence-electron chi connectivity index (χ2n) is 12.2. The summed E-state index contributed by atoms with van der Waals surface area (Å²) < 4.78 is 33.2. The molecule has 1 aliphatic carbocycles. The molecule has 248 valence electrons. The summed E-state index contributed by atoms with van der Waals surface area (Å²) in [6.45, 7) is 1.99. The fourth-order valence-electron chi connectivity index (χ4n) is 6.19. The predicted octanol–water partition coefficient (Wildman–Crippen LogP) is 7.54. The predicted molar refractivity (Wildman–Crippen MR) is 186 cm³/mol. The number of hydrogen-bond acceptors (Lipinski definition) is 6. The van der Waals surface area contributed by atoms with Gasteiger partial charge < -0.3 is 28.8 Å². The van der Waals surface area contributed by atoms with Gasteiger partial charge in [0.05, 0.1) is 51.8 Å². The van der Waals surface area contributed by atoms with Crippen LogP contribution < -0.4 is 0 Å². The van der Waals surface area contributed by atoms with E-state index >= 15 is 0 Å². The maximum atomic E-state index is 12.2. The average Bonchev–Trinajstić information content (AvgIpc) is 3.15. The van der Waals surface area contributed by atoms with Gasteiger partial charge in [-0.25, -0.2) is 0 Å². The molecular formula is C42H44O6. The van der Waals surface area contributed by atoms with Gasteiger partial charge in [0.15, 0.2) is 0 Å². The minimum Gasteiger partial charge on any atom is -0.390 e. The number of hydrogen-bond donors (Lipinski definition) is 1. The molecule has 1 fully saturated rings. The third-order valence-electron chi connectivity index (χ3n) is 8.73. The zero-order chi connectivity index (χ0) is 32.8. The molecule has 0 amide bonds. The molecule has 0 radical (unpaired) electrons. The number of aliphatic hydroxyl groups is 1. The molecular weight excluding hydrogens is 600 g/mol. The molecule has 0 spiro atoms. The number of benzene rings is 5. The van der Waals surface area contributed by atoms with Gasteiger partial charge in [-0.15, -0.1) is 0 Å². The zero-order valence-electron chi connectivity index (χ0n) is 27.1. The summed E-state index contributed by atoms with van der Waals surface area (Å²) in [4.78, 5) is 0. The standard InChI is InChI=1S/C42H44O6/c43-38-37(31-44-26-32-16-6-1-7-17-32)39(45-27-33-18-8-2-9-19-33)41(47-29-35-22-12-4-13-23-35)42(48-30-36-24-14-5-15-25-36)40(38)46-28-34-20-10-3-11-21-34/h1-25,37-43H,26-31H2/t37-,38-,39+,40+,41-,42-/m0/s1. The maximum absolute atomic E-state index is 12.2. The number of aliphatic hydroxyl groups excluding tert-OH is 1. The topological polar surface area (TPSA) is 66.4 Å². The van der Waals surface area contributed by atoms with E-state index in [1.165, 1.54) is 0 Å². The van der Waals surface area contributed by atoms with Crippen LogP contribution in [0.15, 0.2) is 152 Å². The molecule has 6 nitrogen and oxygen atoms in total. The lowest BCUT2D eigenvalue weighted by molar-refractivity contribution is -0.266. The van der Waals surface area contributed by atoms with Crippen LogP contribution in [0.4, 0.5) is 0 Å². The molecule has 48 heavy (non-hydrogen) atoms.